The van der Waals surface area contributed by atoms with Crippen LogP contribution >= 0.6 is 12.4 Å². The average Bonchev–Trinajstić information content (AvgIpc) is 2.54. The van der Waals surface area contributed by atoms with Crippen LogP contribution in [0.15, 0.2) is 29.2 Å². The Morgan fingerprint density at radius 1 is 1.24 bits per heavy atom. The summed E-state index contributed by atoms with van der Waals surface area (Å²) in [5.74, 6) is -1.18. The third-order valence-electron chi connectivity index (χ3n) is 4.03. The largest absolute Gasteiger partial charge is 0.348 e. The first-order chi connectivity index (χ1) is 11.2. The molecule has 2 rings (SSSR count). The van der Waals surface area contributed by atoms with Crippen LogP contribution in [0.3, 0.4) is 0 Å². The topological polar surface area (TPSA) is 86.8 Å². The molecule has 1 aliphatic heterocycles. The van der Waals surface area contributed by atoms with E-state index < -0.39 is 21.5 Å². The average molecular weight is 390 g/mol. The minimum absolute atomic E-state index is 0. The van der Waals surface area contributed by atoms with Gasteiger partial charge < -0.3 is 15.1 Å². The van der Waals surface area contributed by atoms with E-state index in [9.17, 15) is 18.0 Å². The van der Waals surface area contributed by atoms with E-state index in [1.807, 2.05) is 6.92 Å². The zero-order chi connectivity index (χ0) is 17.9. The van der Waals surface area contributed by atoms with Crippen molar-refractivity contribution >= 4 is 34.1 Å². The van der Waals surface area contributed by atoms with Gasteiger partial charge in [-0.2, -0.15) is 0 Å². The maximum atomic E-state index is 12.5. The van der Waals surface area contributed by atoms with Crippen LogP contribution in [0.25, 0.3) is 0 Å². The van der Waals surface area contributed by atoms with Gasteiger partial charge in [-0.15, -0.1) is 12.4 Å². The summed E-state index contributed by atoms with van der Waals surface area (Å²) in [6.45, 7) is 4.08. The number of benzene rings is 1. The maximum absolute atomic E-state index is 12.5. The Morgan fingerprint density at radius 3 is 2.36 bits per heavy atom. The molecule has 0 bridgehead atoms. The summed E-state index contributed by atoms with van der Waals surface area (Å²) in [4.78, 5) is 27.2. The van der Waals surface area contributed by atoms with Crippen molar-refractivity contribution in [3.8, 4) is 0 Å². The first-order valence-electron chi connectivity index (χ1n) is 7.77. The van der Waals surface area contributed by atoms with E-state index in [0.29, 0.717) is 12.1 Å². The summed E-state index contributed by atoms with van der Waals surface area (Å²) < 4.78 is 24.5. The molecule has 0 aromatic heterocycles. The SMILES string of the molecule is C[C@H]1CNCCN1C(=O)c1ccc(S(=O)(=O)CC(=O)N(C)C)cc1.Cl. The highest BCUT2D eigenvalue weighted by Gasteiger charge is 2.25. The number of rotatable bonds is 4. The number of hydrogen-bond donors (Lipinski definition) is 1. The van der Waals surface area contributed by atoms with E-state index >= 15 is 0 Å². The summed E-state index contributed by atoms with van der Waals surface area (Å²) in [6, 6.07) is 5.87. The molecule has 1 atom stereocenters. The highest BCUT2D eigenvalue weighted by Crippen LogP contribution is 2.16. The molecule has 1 heterocycles. The standard InChI is InChI=1S/C16H23N3O4S.ClH/c1-12-10-17-8-9-19(12)16(21)13-4-6-14(7-5-13)24(22,23)11-15(20)18(2)3;/h4-7,12,17H,8-11H2,1-3H3;1H/t12-;/m0./s1. The second kappa shape index (κ2) is 8.64. The molecule has 1 aliphatic rings. The van der Waals surface area contributed by atoms with Crippen LogP contribution in [0.1, 0.15) is 17.3 Å². The Morgan fingerprint density at radius 2 is 1.84 bits per heavy atom. The summed E-state index contributed by atoms with van der Waals surface area (Å²) in [5.41, 5.74) is 0.446. The van der Waals surface area contributed by atoms with Gasteiger partial charge in [0.05, 0.1) is 4.90 Å². The minimum atomic E-state index is -3.71. The van der Waals surface area contributed by atoms with Crippen LogP contribution in [0.4, 0.5) is 0 Å². The third kappa shape index (κ3) is 5.17. The second-order valence-corrected chi connectivity index (χ2v) is 8.11. The van der Waals surface area contributed by atoms with E-state index in [1.54, 1.807) is 4.90 Å². The van der Waals surface area contributed by atoms with E-state index in [1.165, 1.54) is 43.3 Å². The molecule has 1 aromatic carbocycles. The quantitative estimate of drug-likeness (QED) is 0.805. The number of carbonyl (C=O) groups is 2. The van der Waals surface area contributed by atoms with E-state index in [-0.39, 0.29) is 29.3 Å². The normalized spacial score (nSPS) is 17.6. The predicted molar refractivity (Wildman–Crippen MR) is 97.8 cm³/mol. The monoisotopic (exact) mass is 389 g/mol. The van der Waals surface area contributed by atoms with Gasteiger partial charge in [0.25, 0.3) is 5.91 Å². The van der Waals surface area contributed by atoms with Crippen LogP contribution < -0.4 is 5.32 Å². The minimum Gasteiger partial charge on any atom is -0.348 e. The molecule has 1 aromatic rings. The number of nitrogens with zero attached hydrogens (tertiary/aromatic N) is 2. The predicted octanol–water partition coefficient (Wildman–Crippen LogP) is 0.404. The van der Waals surface area contributed by atoms with E-state index in [4.69, 9.17) is 0 Å². The van der Waals surface area contributed by atoms with Crippen molar-refractivity contribution in [2.45, 2.75) is 17.9 Å². The number of nitrogens with one attached hydrogen (secondary N) is 1. The van der Waals surface area contributed by atoms with Gasteiger partial charge in [0.1, 0.15) is 5.75 Å². The molecule has 1 fully saturated rings. The first kappa shape index (κ1) is 21.4. The third-order valence-corrected chi connectivity index (χ3v) is 5.65. The highest BCUT2D eigenvalue weighted by molar-refractivity contribution is 7.92. The molecule has 0 unspecified atom stereocenters. The van der Waals surface area contributed by atoms with E-state index in [2.05, 4.69) is 5.32 Å². The Balaban J connectivity index is 0.00000312. The maximum Gasteiger partial charge on any atom is 0.254 e. The Bertz CT molecular complexity index is 719. The zero-order valence-electron chi connectivity index (χ0n) is 14.6. The Labute approximate surface area is 154 Å². The molecule has 7 nitrogen and oxygen atoms in total. The molecule has 2 amide bonds. The molecule has 1 N–H and O–H groups in total. The van der Waals surface area contributed by atoms with Crippen molar-refractivity contribution in [1.29, 1.82) is 0 Å². The highest BCUT2D eigenvalue weighted by atomic mass is 35.5. The van der Waals surface area contributed by atoms with Gasteiger partial charge in [-0.1, -0.05) is 0 Å². The summed E-state index contributed by atoms with van der Waals surface area (Å²) in [6.07, 6.45) is 0. The summed E-state index contributed by atoms with van der Waals surface area (Å²) >= 11 is 0. The lowest BCUT2D eigenvalue weighted by molar-refractivity contribution is -0.125. The van der Waals surface area contributed by atoms with Gasteiger partial charge in [-0.25, -0.2) is 8.42 Å². The fourth-order valence-corrected chi connectivity index (χ4v) is 3.79. The number of sulfone groups is 1. The number of hydrogen-bond acceptors (Lipinski definition) is 5. The molecule has 140 valence electrons. The van der Waals surface area contributed by atoms with Crippen molar-refractivity contribution in [1.82, 2.24) is 15.1 Å². The molecule has 0 radical (unpaired) electrons. The Hall–Kier alpha value is -1.64. The van der Waals surface area contributed by atoms with Crippen molar-refractivity contribution in [3.63, 3.8) is 0 Å². The van der Waals surface area contributed by atoms with Gasteiger partial charge in [-0.3, -0.25) is 9.59 Å². The van der Waals surface area contributed by atoms with Crippen molar-refractivity contribution < 1.29 is 18.0 Å². The van der Waals surface area contributed by atoms with Gasteiger partial charge in [0.2, 0.25) is 5.91 Å². The number of piperazine rings is 1. The van der Waals surface area contributed by atoms with Gasteiger partial charge in [0, 0.05) is 45.3 Å². The van der Waals surface area contributed by atoms with Crippen molar-refractivity contribution in [3.05, 3.63) is 29.8 Å². The lowest BCUT2D eigenvalue weighted by Gasteiger charge is -2.34. The first-order valence-corrected chi connectivity index (χ1v) is 9.42. The summed E-state index contributed by atoms with van der Waals surface area (Å²) in [7, 11) is -0.692. The lowest BCUT2D eigenvalue weighted by Crippen LogP contribution is -2.52. The fraction of sp³-hybridized carbons (Fsp3) is 0.500. The van der Waals surface area contributed by atoms with E-state index in [0.717, 1.165) is 13.1 Å². The lowest BCUT2D eigenvalue weighted by atomic mass is 10.1. The van der Waals surface area contributed by atoms with Crippen LogP contribution in [-0.2, 0) is 14.6 Å². The number of amides is 2. The molecule has 0 spiro atoms. The van der Waals surface area contributed by atoms with Crippen molar-refractivity contribution in [2.24, 2.45) is 0 Å². The van der Waals surface area contributed by atoms with Crippen LogP contribution in [0, 0.1) is 0 Å². The smallest absolute Gasteiger partial charge is 0.254 e. The number of carbonyl (C=O) groups excluding carboxylic acids is 2. The van der Waals surface area contributed by atoms with Crippen LogP contribution in [0.2, 0.25) is 0 Å². The molecule has 25 heavy (non-hydrogen) atoms. The molecule has 1 saturated heterocycles. The number of halogens is 1. The second-order valence-electron chi connectivity index (χ2n) is 6.12. The Kier molecular flexibility index (Phi) is 7.40. The molecule has 9 heteroatoms. The molecular weight excluding hydrogens is 366 g/mol. The zero-order valence-corrected chi connectivity index (χ0v) is 16.2. The molecule has 0 aliphatic carbocycles. The molecule has 0 saturated carbocycles. The fourth-order valence-electron chi connectivity index (χ4n) is 2.49. The summed E-state index contributed by atoms with van der Waals surface area (Å²) in [5, 5.41) is 3.22. The van der Waals surface area contributed by atoms with Crippen LogP contribution in [0.5, 0.6) is 0 Å². The van der Waals surface area contributed by atoms with Crippen LogP contribution in [-0.4, -0.2) is 75.6 Å². The van der Waals surface area contributed by atoms with Gasteiger partial charge in [-0.05, 0) is 31.2 Å². The van der Waals surface area contributed by atoms with Crippen molar-refractivity contribution in [2.75, 3.05) is 39.5 Å². The van der Waals surface area contributed by atoms with Gasteiger partial charge >= 0.3 is 0 Å². The molecular formula is C16H24ClN3O4S. The van der Waals surface area contributed by atoms with Gasteiger partial charge in [0.15, 0.2) is 9.84 Å².